The van der Waals surface area contributed by atoms with Crippen LogP contribution in [0.25, 0.3) is 10.2 Å². The third-order valence-electron chi connectivity index (χ3n) is 3.98. The van der Waals surface area contributed by atoms with E-state index in [1.165, 1.54) is 23.1 Å². The first kappa shape index (κ1) is 17.1. The highest BCUT2D eigenvalue weighted by Crippen LogP contribution is 2.30. The number of para-hydroxylation sites is 1. The largest absolute Gasteiger partial charge is 0.326 e. The van der Waals surface area contributed by atoms with Crippen LogP contribution < -0.4 is 10.6 Å². The van der Waals surface area contributed by atoms with Gasteiger partial charge in [0, 0.05) is 16.5 Å². The number of carbonyl (C=O) groups is 2. The number of aromatic nitrogens is 1. The second-order valence-electron chi connectivity index (χ2n) is 6.11. The Bertz CT molecular complexity index is 916. The van der Waals surface area contributed by atoms with Crippen molar-refractivity contribution in [1.29, 1.82) is 0 Å². The molecule has 7 heteroatoms. The molecule has 5 nitrogen and oxygen atoms in total. The van der Waals surface area contributed by atoms with Crippen LogP contribution in [0.2, 0.25) is 0 Å². The van der Waals surface area contributed by atoms with Gasteiger partial charge in [-0.15, -0.1) is 11.8 Å². The summed E-state index contributed by atoms with van der Waals surface area (Å²) >= 11 is 2.92. The number of benzene rings is 2. The first-order valence-electron chi connectivity index (χ1n) is 8.36. The zero-order valence-corrected chi connectivity index (χ0v) is 15.5. The molecule has 0 radical (unpaired) electrons. The van der Waals surface area contributed by atoms with Crippen LogP contribution in [0.5, 0.6) is 0 Å². The molecule has 1 fully saturated rings. The molecule has 0 spiro atoms. The summed E-state index contributed by atoms with van der Waals surface area (Å²) in [6, 6.07) is 15.4. The summed E-state index contributed by atoms with van der Waals surface area (Å²) in [4.78, 5) is 29.3. The van der Waals surface area contributed by atoms with E-state index in [0.717, 1.165) is 33.6 Å². The van der Waals surface area contributed by atoms with Crippen molar-refractivity contribution in [3.63, 3.8) is 0 Å². The lowest BCUT2D eigenvalue weighted by Gasteiger charge is -2.06. The van der Waals surface area contributed by atoms with Crippen LogP contribution in [-0.4, -0.2) is 22.6 Å². The van der Waals surface area contributed by atoms with Gasteiger partial charge in [-0.2, -0.15) is 0 Å². The molecule has 0 saturated heterocycles. The van der Waals surface area contributed by atoms with Crippen molar-refractivity contribution in [3.8, 4) is 0 Å². The molecular weight excluding hydrogens is 366 g/mol. The molecule has 2 N–H and O–H groups in total. The van der Waals surface area contributed by atoms with Gasteiger partial charge in [0.1, 0.15) is 0 Å². The minimum Gasteiger partial charge on any atom is -0.326 e. The van der Waals surface area contributed by atoms with Crippen LogP contribution in [0.3, 0.4) is 0 Å². The third-order valence-corrected chi connectivity index (χ3v) is 5.94. The molecule has 0 unspecified atom stereocenters. The van der Waals surface area contributed by atoms with Gasteiger partial charge in [-0.1, -0.05) is 23.5 Å². The average molecular weight is 383 g/mol. The van der Waals surface area contributed by atoms with E-state index in [0.29, 0.717) is 10.9 Å². The van der Waals surface area contributed by atoms with Gasteiger partial charge in [0.2, 0.25) is 11.8 Å². The minimum absolute atomic E-state index is 0.0832. The lowest BCUT2D eigenvalue weighted by Crippen LogP contribution is -2.14. The predicted octanol–water partition coefficient (Wildman–Crippen LogP) is 4.38. The molecule has 2 amide bonds. The molecule has 0 bridgehead atoms. The van der Waals surface area contributed by atoms with Gasteiger partial charge < -0.3 is 10.6 Å². The highest BCUT2D eigenvalue weighted by atomic mass is 32.2. The quantitative estimate of drug-likeness (QED) is 0.620. The standard InChI is InChI=1S/C19H17N3O2S2/c23-17(22-19-21-15-3-1-2-4-16(15)26-19)11-25-14-9-7-13(8-10-14)20-18(24)12-5-6-12/h1-4,7-10,12H,5-6,11H2,(H,20,24)(H,21,22,23). The van der Waals surface area contributed by atoms with E-state index >= 15 is 0 Å². The Labute approximate surface area is 159 Å². The van der Waals surface area contributed by atoms with E-state index in [-0.39, 0.29) is 17.7 Å². The van der Waals surface area contributed by atoms with Crippen LogP contribution >= 0.6 is 23.1 Å². The molecule has 1 aromatic heterocycles. The lowest BCUT2D eigenvalue weighted by molar-refractivity contribution is -0.117. The van der Waals surface area contributed by atoms with Crippen molar-refractivity contribution < 1.29 is 9.59 Å². The number of thiazole rings is 1. The number of carbonyl (C=O) groups excluding carboxylic acids is 2. The summed E-state index contributed by atoms with van der Waals surface area (Å²) in [6.45, 7) is 0. The number of fused-ring (bicyclic) bond motifs is 1. The van der Waals surface area contributed by atoms with Gasteiger partial charge in [0.25, 0.3) is 0 Å². The molecule has 132 valence electrons. The Hall–Kier alpha value is -2.38. The maximum absolute atomic E-state index is 12.1. The molecule has 1 aliphatic rings. The number of thioether (sulfide) groups is 1. The first-order chi connectivity index (χ1) is 12.7. The molecule has 26 heavy (non-hydrogen) atoms. The van der Waals surface area contributed by atoms with E-state index in [2.05, 4.69) is 15.6 Å². The monoisotopic (exact) mass is 383 g/mol. The van der Waals surface area contributed by atoms with Crippen molar-refractivity contribution in [1.82, 2.24) is 4.98 Å². The highest BCUT2D eigenvalue weighted by molar-refractivity contribution is 8.00. The normalized spacial score (nSPS) is 13.5. The second-order valence-corrected chi connectivity index (χ2v) is 8.19. The predicted molar refractivity (Wildman–Crippen MR) is 107 cm³/mol. The number of anilines is 2. The third kappa shape index (κ3) is 4.23. The van der Waals surface area contributed by atoms with Crippen molar-refractivity contribution in [3.05, 3.63) is 48.5 Å². The van der Waals surface area contributed by atoms with Gasteiger partial charge in [0.05, 0.1) is 16.0 Å². The summed E-state index contributed by atoms with van der Waals surface area (Å²) in [5, 5.41) is 6.38. The summed E-state index contributed by atoms with van der Waals surface area (Å²) in [7, 11) is 0. The topological polar surface area (TPSA) is 71.1 Å². The minimum atomic E-state index is -0.0832. The molecule has 3 aromatic rings. The van der Waals surface area contributed by atoms with E-state index in [9.17, 15) is 9.59 Å². The Morgan fingerprint density at radius 3 is 2.58 bits per heavy atom. The fraction of sp³-hybridized carbons (Fsp3) is 0.211. The van der Waals surface area contributed by atoms with Crippen molar-refractivity contribution in [2.45, 2.75) is 17.7 Å². The summed E-state index contributed by atoms with van der Waals surface area (Å²) in [5.74, 6) is 0.514. The number of hydrogen-bond acceptors (Lipinski definition) is 5. The molecule has 1 heterocycles. The van der Waals surface area contributed by atoms with Crippen molar-refractivity contribution in [2.24, 2.45) is 5.92 Å². The number of amides is 2. The van der Waals surface area contributed by atoms with Gasteiger partial charge in [0.15, 0.2) is 5.13 Å². The smallest absolute Gasteiger partial charge is 0.236 e. The first-order valence-corrected chi connectivity index (χ1v) is 10.2. The molecule has 0 aliphatic heterocycles. The SMILES string of the molecule is O=C(CSc1ccc(NC(=O)C2CC2)cc1)Nc1nc2ccccc2s1. The maximum atomic E-state index is 12.1. The molecule has 0 atom stereocenters. The molecule has 2 aromatic carbocycles. The summed E-state index contributed by atoms with van der Waals surface area (Å²) < 4.78 is 1.05. The van der Waals surface area contributed by atoms with E-state index in [1.54, 1.807) is 0 Å². The van der Waals surface area contributed by atoms with Gasteiger partial charge in [-0.3, -0.25) is 9.59 Å². The maximum Gasteiger partial charge on any atom is 0.236 e. The number of nitrogens with zero attached hydrogens (tertiary/aromatic N) is 1. The summed E-state index contributed by atoms with van der Waals surface area (Å²) in [6.07, 6.45) is 1.98. The van der Waals surface area contributed by atoms with Crippen molar-refractivity contribution in [2.75, 3.05) is 16.4 Å². The van der Waals surface area contributed by atoms with Crippen LogP contribution in [0.4, 0.5) is 10.8 Å². The lowest BCUT2D eigenvalue weighted by atomic mass is 10.3. The number of rotatable bonds is 6. The molecule has 1 saturated carbocycles. The van der Waals surface area contributed by atoms with Gasteiger partial charge in [-0.25, -0.2) is 4.98 Å². The molecule has 4 rings (SSSR count). The summed E-state index contributed by atoms with van der Waals surface area (Å²) in [5.41, 5.74) is 1.69. The fourth-order valence-electron chi connectivity index (χ4n) is 2.45. The molecule has 1 aliphatic carbocycles. The zero-order chi connectivity index (χ0) is 17.9. The van der Waals surface area contributed by atoms with Gasteiger partial charge in [-0.05, 0) is 49.2 Å². The molecular formula is C19H17N3O2S2. The van der Waals surface area contributed by atoms with Crippen LogP contribution in [0, 0.1) is 5.92 Å². The van der Waals surface area contributed by atoms with Crippen LogP contribution in [-0.2, 0) is 9.59 Å². The van der Waals surface area contributed by atoms with E-state index in [1.807, 2.05) is 48.5 Å². The van der Waals surface area contributed by atoms with Crippen molar-refractivity contribution >= 4 is 55.9 Å². The zero-order valence-electron chi connectivity index (χ0n) is 13.9. The van der Waals surface area contributed by atoms with E-state index < -0.39 is 0 Å². The highest BCUT2D eigenvalue weighted by Gasteiger charge is 2.29. The van der Waals surface area contributed by atoms with Crippen LogP contribution in [0.15, 0.2) is 53.4 Å². The number of hydrogen-bond donors (Lipinski definition) is 2. The van der Waals surface area contributed by atoms with E-state index in [4.69, 9.17) is 0 Å². The Morgan fingerprint density at radius 1 is 1.08 bits per heavy atom. The fourth-order valence-corrected chi connectivity index (χ4v) is 4.03. The second kappa shape index (κ2) is 7.47. The van der Waals surface area contributed by atoms with Gasteiger partial charge >= 0.3 is 0 Å². The Balaban J connectivity index is 1.28. The van der Waals surface area contributed by atoms with Crippen LogP contribution in [0.1, 0.15) is 12.8 Å². The Morgan fingerprint density at radius 2 is 1.85 bits per heavy atom. The Kier molecular flexibility index (Phi) is 4.90. The average Bonchev–Trinajstić information content (AvgIpc) is 3.41. The number of nitrogens with one attached hydrogen (secondary N) is 2.